The Hall–Kier alpha value is -1.83. The number of fused-ring (bicyclic) bond motifs is 1. The third-order valence-corrected chi connectivity index (χ3v) is 5.71. The second-order valence-electron chi connectivity index (χ2n) is 6.45. The van der Waals surface area contributed by atoms with Crippen LogP contribution in [0.4, 0.5) is 14.6 Å². The lowest BCUT2D eigenvalue weighted by Crippen LogP contribution is -2.45. The number of piperidine rings is 1. The van der Waals surface area contributed by atoms with Crippen LogP contribution in [0.2, 0.25) is 0 Å². The number of rotatable bonds is 2. The lowest BCUT2D eigenvalue weighted by Gasteiger charge is -2.33. The SMILES string of the molecule is O=C(C1CCN(c2ncnc3sccc23)C1)N1CCC(F)(F)CC1. The van der Waals surface area contributed by atoms with Crippen LogP contribution < -0.4 is 4.90 Å². The Morgan fingerprint density at radius 2 is 2.04 bits per heavy atom. The Labute approximate surface area is 142 Å². The molecule has 8 heteroatoms. The van der Waals surface area contributed by atoms with Gasteiger partial charge in [-0.3, -0.25) is 4.79 Å². The maximum Gasteiger partial charge on any atom is 0.251 e. The molecule has 2 aromatic heterocycles. The van der Waals surface area contributed by atoms with E-state index in [-0.39, 0.29) is 37.8 Å². The number of carbonyl (C=O) groups excluding carboxylic acids is 1. The highest BCUT2D eigenvalue weighted by Crippen LogP contribution is 2.32. The van der Waals surface area contributed by atoms with Gasteiger partial charge in [0.25, 0.3) is 5.92 Å². The Kier molecular flexibility index (Phi) is 3.86. The molecule has 0 radical (unpaired) electrons. The van der Waals surface area contributed by atoms with Crippen molar-refractivity contribution in [1.82, 2.24) is 14.9 Å². The van der Waals surface area contributed by atoms with Crippen LogP contribution in [0.1, 0.15) is 19.3 Å². The van der Waals surface area contributed by atoms with E-state index in [1.54, 1.807) is 22.6 Å². The molecule has 2 fully saturated rings. The van der Waals surface area contributed by atoms with Crippen molar-refractivity contribution in [3.8, 4) is 0 Å². The van der Waals surface area contributed by atoms with Gasteiger partial charge in [0.05, 0.1) is 11.3 Å². The van der Waals surface area contributed by atoms with Crippen LogP contribution in [0.25, 0.3) is 10.2 Å². The molecule has 5 nitrogen and oxygen atoms in total. The molecular weight excluding hydrogens is 334 g/mol. The van der Waals surface area contributed by atoms with Gasteiger partial charge in [-0.1, -0.05) is 0 Å². The highest BCUT2D eigenvalue weighted by Gasteiger charge is 2.39. The summed E-state index contributed by atoms with van der Waals surface area (Å²) < 4.78 is 26.5. The maximum atomic E-state index is 13.3. The molecule has 2 saturated heterocycles. The molecule has 24 heavy (non-hydrogen) atoms. The topological polar surface area (TPSA) is 49.3 Å². The van der Waals surface area contributed by atoms with Crippen LogP contribution in [0, 0.1) is 5.92 Å². The molecule has 2 aliphatic rings. The fraction of sp³-hybridized carbons (Fsp3) is 0.562. The summed E-state index contributed by atoms with van der Waals surface area (Å²) in [7, 11) is 0. The number of halogens is 2. The lowest BCUT2D eigenvalue weighted by atomic mass is 10.0. The first-order chi connectivity index (χ1) is 11.5. The minimum Gasteiger partial charge on any atom is -0.355 e. The third kappa shape index (κ3) is 2.83. The molecule has 0 aromatic carbocycles. The molecule has 128 valence electrons. The van der Waals surface area contributed by atoms with E-state index < -0.39 is 5.92 Å². The van der Waals surface area contributed by atoms with Gasteiger partial charge >= 0.3 is 0 Å². The lowest BCUT2D eigenvalue weighted by molar-refractivity contribution is -0.140. The van der Waals surface area contributed by atoms with Crippen LogP contribution in [0.3, 0.4) is 0 Å². The predicted octanol–water partition coefficient (Wildman–Crippen LogP) is 2.78. The zero-order valence-corrected chi connectivity index (χ0v) is 13.9. The summed E-state index contributed by atoms with van der Waals surface area (Å²) in [6.07, 6.45) is 1.84. The van der Waals surface area contributed by atoms with Crippen LogP contribution >= 0.6 is 11.3 Å². The van der Waals surface area contributed by atoms with Gasteiger partial charge < -0.3 is 9.80 Å². The first kappa shape index (κ1) is 15.7. The van der Waals surface area contributed by atoms with Crippen LogP contribution in [0.15, 0.2) is 17.8 Å². The largest absolute Gasteiger partial charge is 0.355 e. The summed E-state index contributed by atoms with van der Waals surface area (Å²) in [5.74, 6) is -1.89. The van der Waals surface area contributed by atoms with Crippen LogP contribution in [-0.2, 0) is 4.79 Å². The monoisotopic (exact) mass is 352 g/mol. The van der Waals surface area contributed by atoms with E-state index in [2.05, 4.69) is 14.9 Å². The summed E-state index contributed by atoms with van der Waals surface area (Å²) in [5, 5.41) is 2.99. The molecule has 4 rings (SSSR count). The molecule has 0 aliphatic carbocycles. The normalized spacial score (nSPS) is 23.8. The molecule has 1 amide bonds. The van der Waals surface area contributed by atoms with E-state index in [0.29, 0.717) is 6.54 Å². The summed E-state index contributed by atoms with van der Waals surface area (Å²) in [6.45, 7) is 1.66. The maximum absolute atomic E-state index is 13.3. The Morgan fingerprint density at radius 1 is 1.25 bits per heavy atom. The number of anilines is 1. The second-order valence-corrected chi connectivity index (χ2v) is 7.34. The molecule has 4 heterocycles. The van der Waals surface area contributed by atoms with Crippen molar-refractivity contribution in [2.45, 2.75) is 25.2 Å². The van der Waals surface area contributed by atoms with Crippen molar-refractivity contribution in [2.24, 2.45) is 5.92 Å². The zero-order chi connectivity index (χ0) is 16.7. The van der Waals surface area contributed by atoms with Crippen molar-refractivity contribution in [1.29, 1.82) is 0 Å². The molecule has 0 saturated carbocycles. The Balaban J connectivity index is 1.45. The smallest absolute Gasteiger partial charge is 0.251 e. The van der Waals surface area contributed by atoms with Gasteiger partial charge in [0.2, 0.25) is 5.91 Å². The molecule has 1 atom stereocenters. The van der Waals surface area contributed by atoms with Crippen LogP contribution in [0.5, 0.6) is 0 Å². The first-order valence-electron chi connectivity index (χ1n) is 8.13. The summed E-state index contributed by atoms with van der Waals surface area (Å²) in [6, 6.07) is 2.00. The van der Waals surface area contributed by atoms with E-state index in [4.69, 9.17) is 0 Å². The van der Waals surface area contributed by atoms with Gasteiger partial charge in [0.1, 0.15) is 17.0 Å². The zero-order valence-electron chi connectivity index (χ0n) is 13.1. The number of alkyl halides is 2. The highest BCUT2D eigenvalue weighted by atomic mass is 32.1. The van der Waals surface area contributed by atoms with Gasteiger partial charge in [0.15, 0.2) is 0 Å². The third-order valence-electron chi connectivity index (χ3n) is 4.88. The number of likely N-dealkylation sites (tertiary alicyclic amines) is 1. The van der Waals surface area contributed by atoms with E-state index in [1.165, 1.54) is 0 Å². The summed E-state index contributed by atoms with van der Waals surface area (Å²) in [4.78, 5) is 25.9. The van der Waals surface area contributed by atoms with E-state index >= 15 is 0 Å². The van der Waals surface area contributed by atoms with E-state index in [0.717, 1.165) is 29.0 Å². The fourth-order valence-corrected chi connectivity index (χ4v) is 4.22. The molecule has 1 unspecified atom stereocenters. The molecule has 2 aromatic rings. The number of aromatic nitrogens is 2. The van der Waals surface area contributed by atoms with Gasteiger partial charge in [-0.05, 0) is 17.9 Å². The number of thiophene rings is 1. The number of hydrogen-bond acceptors (Lipinski definition) is 5. The highest BCUT2D eigenvalue weighted by molar-refractivity contribution is 7.16. The molecule has 0 N–H and O–H groups in total. The quantitative estimate of drug-likeness (QED) is 0.834. The van der Waals surface area contributed by atoms with Crippen molar-refractivity contribution < 1.29 is 13.6 Å². The Morgan fingerprint density at radius 3 is 2.83 bits per heavy atom. The molecule has 0 bridgehead atoms. The summed E-state index contributed by atoms with van der Waals surface area (Å²) in [5.41, 5.74) is 0. The number of carbonyl (C=O) groups is 1. The fourth-order valence-electron chi connectivity index (χ4n) is 3.50. The first-order valence-corrected chi connectivity index (χ1v) is 9.01. The minimum absolute atomic E-state index is 0.00335. The van der Waals surface area contributed by atoms with Crippen molar-refractivity contribution in [3.63, 3.8) is 0 Å². The van der Waals surface area contributed by atoms with Crippen LogP contribution in [-0.4, -0.2) is 52.9 Å². The average Bonchev–Trinajstić information content (AvgIpc) is 3.23. The van der Waals surface area contributed by atoms with E-state index in [1.807, 2.05) is 11.4 Å². The van der Waals surface area contributed by atoms with Crippen molar-refractivity contribution >= 4 is 33.3 Å². The second kappa shape index (κ2) is 5.91. The van der Waals surface area contributed by atoms with Crippen molar-refractivity contribution in [2.75, 3.05) is 31.1 Å². The molecule has 0 spiro atoms. The number of amides is 1. The standard InChI is InChI=1S/C16H18F2N4OS/c17-16(18)3-6-21(7-4-16)15(23)11-1-5-22(9-11)13-12-2-8-24-14(12)20-10-19-13/h2,8,10-11H,1,3-7,9H2. The Bertz CT molecular complexity index is 755. The molecule has 2 aliphatic heterocycles. The van der Waals surface area contributed by atoms with Gasteiger partial charge in [-0.15, -0.1) is 11.3 Å². The summed E-state index contributed by atoms with van der Waals surface area (Å²) >= 11 is 1.57. The average molecular weight is 352 g/mol. The van der Waals surface area contributed by atoms with Gasteiger partial charge in [-0.25, -0.2) is 18.7 Å². The van der Waals surface area contributed by atoms with Gasteiger partial charge in [-0.2, -0.15) is 0 Å². The number of hydrogen-bond donors (Lipinski definition) is 0. The van der Waals surface area contributed by atoms with E-state index in [9.17, 15) is 13.6 Å². The minimum atomic E-state index is -2.62. The predicted molar refractivity (Wildman–Crippen MR) is 88.5 cm³/mol. The van der Waals surface area contributed by atoms with Crippen molar-refractivity contribution in [3.05, 3.63) is 17.8 Å². The number of nitrogens with zero attached hydrogens (tertiary/aromatic N) is 4. The van der Waals surface area contributed by atoms with Gasteiger partial charge in [0, 0.05) is 39.0 Å². The molecular formula is C16H18F2N4OS.